The Balaban J connectivity index is 1.03. The molecule has 50 heavy (non-hydrogen) atoms. The molecule has 0 bridgehead atoms. The van der Waals surface area contributed by atoms with Gasteiger partial charge in [0.25, 0.3) is 0 Å². The van der Waals surface area contributed by atoms with Crippen molar-refractivity contribution in [3.8, 4) is 0 Å². The molecule has 11 nitrogen and oxygen atoms in total. The summed E-state index contributed by atoms with van der Waals surface area (Å²) in [5.74, 6) is 0.354. The quantitative estimate of drug-likeness (QED) is 0.348. The number of hydrogen-bond acceptors (Lipinski definition) is 6. The second-order valence-electron chi connectivity index (χ2n) is 15.0. The van der Waals surface area contributed by atoms with Gasteiger partial charge in [0.2, 0.25) is 11.8 Å². The molecule has 264 valence electrons. The number of amides is 4. The maximum atomic E-state index is 14.3. The minimum absolute atomic E-state index is 0.0101. The molecule has 11 heteroatoms. The molecular formula is C39H49N7O4. The van der Waals surface area contributed by atoms with Gasteiger partial charge in [-0.2, -0.15) is 5.10 Å². The third-order valence-corrected chi connectivity index (χ3v) is 11.8. The molecule has 1 spiro atoms. The van der Waals surface area contributed by atoms with Crippen LogP contribution in [0.5, 0.6) is 0 Å². The first-order valence-corrected chi connectivity index (χ1v) is 18.2. The number of benzene rings is 2. The van der Waals surface area contributed by atoms with Gasteiger partial charge < -0.3 is 25.3 Å². The molecule has 2 aromatic carbocycles. The number of aromatic nitrogens is 2. The van der Waals surface area contributed by atoms with Crippen LogP contribution >= 0.6 is 0 Å². The van der Waals surface area contributed by atoms with E-state index in [1.165, 1.54) is 0 Å². The summed E-state index contributed by atoms with van der Waals surface area (Å²) in [6.45, 7) is 7.63. The van der Waals surface area contributed by atoms with Crippen molar-refractivity contribution < 1.29 is 19.2 Å². The predicted octanol–water partition coefficient (Wildman–Crippen LogP) is 3.86. The summed E-state index contributed by atoms with van der Waals surface area (Å²) in [5, 5.41) is 14.4. The highest BCUT2D eigenvalue weighted by atomic mass is 16.2. The van der Waals surface area contributed by atoms with Gasteiger partial charge in [-0.25, -0.2) is 4.79 Å². The minimum Gasteiger partial charge on any atom is -0.341 e. The van der Waals surface area contributed by atoms with Crippen molar-refractivity contribution >= 4 is 40.6 Å². The van der Waals surface area contributed by atoms with Crippen LogP contribution in [0, 0.1) is 18.3 Å². The zero-order valence-corrected chi connectivity index (χ0v) is 29.5. The molecule has 3 aliphatic heterocycles. The number of rotatable bonds is 7. The largest absolute Gasteiger partial charge is 0.341 e. The molecule has 4 amide bonds. The molecule has 0 radical (unpaired) electrons. The van der Waals surface area contributed by atoms with Crippen LogP contribution in [0.1, 0.15) is 61.3 Å². The number of Topliss-reactive ketones (excluding diaryl/α,β-unsaturated/α-hetero) is 1. The van der Waals surface area contributed by atoms with Crippen LogP contribution in [-0.4, -0.2) is 107 Å². The summed E-state index contributed by atoms with van der Waals surface area (Å²) in [7, 11) is 1.80. The van der Waals surface area contributed by atoms with Gasteiger partial charge in [-0.15, -0.1) is 0 Å². The summed E-state index contributed by atoms with van der Waals surface area (Å²) < 4.78 is 0. The zero-order chi connectivity index (χ0) is 35.0. The first kappa shape index (κ1) is 34.0. The Kier molecular flexibility index (Phi) is 9.52. The molecule has 3 fully saturated rings. The van der Waals surface area contributed by atoms with Gasteiger partial charge in [-0.1, -0.05) is 30.3 Å². The highest BCUT2D eigenvalue weighted by Gasteiger charge is 2.44. The molecule has 3 N–H and O–H groups in total. The van der Waals surface area contributed by atoms with Crippen LogP contribution in [0.2, 0.25) is 0 Å². The highest BCUT2D eigenvalue weighted by Crippen LogP contribution is 2.41. The number of allylic oxidation sites excluding steroid dienone is 1. The van der Waals surface area contributed by atoms with Crippen molar-refractivity contribution in [3.63, 3.8) is 0 Å². The smallest absolute Gasteiger partial charge is 0.318 e. The number of aryl methyl sites for hydroxylation is 1. The highest BCUT2D eigenvalue weighted by molar-refractivity contribution is 6.04. The number of carbonyl (C=O) groups is 4. The molecular weight excluding hydrogens is 630 g/mol. The second kappa shape index (κ2) is 14.0. The Morgan fingerprint density at radius 3 is 2.44 bits per heavy atom. The normalized spacial score (nSPS) is 20.5. The lowest BCUT2D eigenvalue weighted by Crippen LogP contribution is -2.54. The van der Waals surface area contributed by atoms with E-state index in [-0.39, 0.29) is 41.0 Å². The lowest BCUT2D eigenvalue weighted by atomic mass is 9.77. The van der Waals surface area contributed by atoms with Gasteiger partial charge >= 0.3 is 6.03 Å². The Labute approximate surface area is 293 Å². The maximum absolute atomic E-state index is 14.3. The number of ketones is 1. The van der Waals surface area contributed by atoms with Crippen molar-refractivity contribution in [1.82, 2.24) is 35.5 Å². The predicted molar refractivity (Wildman–Crippen MR) is 192 cm³/mol. The van der Waals surface area contributed by atoms with E-state index in [2.05, 4.69) is 33.0 Å². The Hall–Kier alpha value is -4.51. The molecule has 3 aromatic rings. The molecule has 0 saturated carbocycles. The van der Waals surface area contributed by atoms with Crippen LogP contribution in [0.25, 0.3) is 17.0 Å². The van der Waals surface area contributed by atoms with Gasteiger partial charge in [0.15, 0.2) is 5.78 Å². The number of urea groups is 1. The summed E-state index contributed by atoms with van der Waals surface area (Å²) in [5.41, 5.74) is 6.02. The molecule has 2 atom stereocenters. The minimum atomic E-state index is -0.726. The molecule has 3 saturated heterocycles. The average Bonchev–Trinajstić information content (AvgIpc) is 3.78. The van der Waals surface area contributed by atoms with Crippen LogP contribution in [-0.2, 0) is 27.2 Å². The number of nitrogens with zero attached hydrogens (tertiary/aromatic N) is 4. The third-order valence-electron chi connectivity index (χ3n) is 11.8. The molecule has 1 aliphatic carbocycles. The van der Waals surface area contributed by atoms with E-state index in [4.69, 9.17) is 0 Å². The number of hydrogen-bond donors (Lipinski definition) is 3. The Morgan fingerprint density at radius 1 is 0.980 bits per heavy atom. The van der Waals surface area contributed by atoms with Crippen LogP contribution < -0.4 is 10.6 Å². The van der Waals surface area contributed by atoms with Gasteiger partial charge in [-0.05, 0) is 104 Å². The van der Waals surface area contributed by atoms with E-state index in [1.807, 2.05) is 54.0 Å². The fourth-order valence-electron chi connectivity index (χ4n) is 8.56. The van der Waals surface area contributed by atoms with E-state index in [9.17, 15) is 19.2 Å². The number of piperidine rings is 2. The van der Waals surface area contributed by atoms with E-state index >= 15 is 0 Å². The SMILES string of the molecule is CN[C@H](C)C(=O)N1CCC2(CC1)CCN(C(=O)[C@@H](Cc1cc(C)c3[nH]ncc3c1)NC(=O)N1CCC(C3=Cc4ccccc4CC3=O)CC1)C2. The zero-order valence-electron chi connectivity index (χ0n) is 29.5. The maximum Gasteiger partial charge on any atom is 0.318 e. The van der Waals surface area contributed by atoms with E-state index in [0.29, 0.717) is 65.0 Å². The number of H-pyrrole nitrogens is 1. The lowest BCUT2D eigenvalue weighted by molar-refractivity contribution is -0.136. The van der Waals surface area contributed by atoms with Crippen LogP contribution in [0.4, 0.5) is 4.79 Å². The van der Waals surface area contributed by atoms with Gasteiger partial charge in [0.1, 0.15) is 6.04 Å². The van der Waals surface area contributed by atoms with Gasteiger partial charge in [0.05, 0.1) is 17.8 Å². The molecule has 7 rings (SSSR count). The Morgan fingerprint density at radius 2 is 1.70 bits per heavy atom. The van der Waals surface area contributed by atoms with Crippen molar-refractivity contribution in [2.24, 2.45) is 11.3 Å². The summed E-state index contributed by atoms with van der Waals surface area (Å²) in [6.07, 6.45) is 8.69. The van der Waals surface area contributed by atoms with E-state index < -0.39 is 6.04 Å². The second-order valence-corrected chi connectivity index (χ2v) is 15.0. The topological polar surface area (TPSA) is 131 Å². The number of carbonyl (C=O) groups excluding carboxylic acids is 4. The Bertz CT molecular complexity index is 1820. The lowest BCUT2D eigenvalue weighted by Gasteiger charge is -2.40. The van der Waals surface area contributed by atoms with E-state index in [0.717, 1.165) is 58.0 Å². The number of aromatic amines is 1. The summed E-state index contributed by atoms with van der Waals surface area (Å²) in [4.78, 5) is 59.7. The van der Waals surface area contributed by atoms with Crippen molar-refractivity contribution in [2.45, 2.75) is 70.9 Å². The van der Waals surface area contributed by atoms with Gasteiger partial charge in [0, 0.05) is 57.5 Å². The van der Waals surface area contributed by atoms with Crippen molar-refractivity contribution in [3.05, 3.63) is 70.4 Å². The van der Waals surface area contributed by atoms with E-state index in [1.54, 1.807) is 18.1 Å². The first-order valence-electron chi connectivity index (χ1n) is 18.2. The fraction of sp³-hybridized carbons (Fsp3) is 0.513. The molecule has 0 unspecified atom stereocenters. The van der Waals surface area contributed by atoms with Crippen molar-refractivity contribution in [2.75, 3.05) is 46.3 Å². The molecule has 4 heterocycles. The number of fused-ring (bicyclic) bond motifs is 2. The fourth-order valence-corrected chi connectivity index (χ4v) is 8.56. The monoisotopic (exact) mass is 679 g/mol. The number of likely N-dealkylation sites (tertiary alicyclic amines) is 3. The third kappa shape index (κ3) is 6.80. The number of likely N-dealkylation sites (N-methyl/N-ethyl adjacent to an activating group) is 1. The van der Waals surface area contributed by atoms with Crippen molar-refractivity contribution in [1.29, 1.82) is 0 Å². The average molecular weight is 680 g/mol. The first-order chi connectivity index (χ1) is 24.1. The van der Waals surface area contributed by atoms with Gasteiger partial charge in [-0.3, -0.25) is 19.5 Å². The number of nitrogens with one attached hydrogen (secondary N) is 3. The molecule has 1 aromatic heterocycles. The summed E-state index contributed by atoms with van der Waals surface area (Å²) >= 11 is 0. The van der Waals surface area contributed by atoms with Crippen LogP contribution in [0.3, 0.4) is 0 Å². The standard InChI is InChI=1S/C39H49N7O4/c1-25-18-27(19-31-23-41-43-35(25)31)20-33(37(49)46-17-12-39(24-46)10-15-44(16-11-39)36(48)26(2)40-3)42-38(50)45-13-8-28(9-14-45)32-21-29-6-4-5-7-30(29)22-34(32)47/h4-7,18-19,21,23,26,28,33,40H,8-17,20,22,24H2,1-3H3,(H,41,43)(H,42,50)/t26-,33-/m1/s1. The van der Waals surface area contributed by atoms with Crippen LogP contribution in [0.15, 0.2) is 48.2 Å². The molecule has 4 aliphatic rings. The summed E-state index contributed by atoms with van der Waals surface area (Å²) in [6, 6.07) is 11.0.